The van der Waals surface area contributed by atoms with Crippen molar-refractivity contribution >= 4 is 11.7 Å². The molecule has 2 heterocycles. The number of anilines is 1. The number of hydrogen-bond acceptors (Lipinski definition) is 4. The van der Waals surface area contributed by atoms with Crippen LogP contribution < -0.4 is 10.2 Å². The van der Waals surface area contributed by atoms with Crippen molar-refractivity contribution in [1.29, 1.82) is 5.26 Å². The number of hydrogen-bond donors (Lipinski definition) is 1. The van der Waals surface area contributed by atoms with Gasteiger partial charge in [0, 0.05) is 30.7 Å². The molecular formula is C17H22N4O. The molecule has 3 rings (SSSR count). The molecule has 1 aliphatic heterocycles. The van der Waals surface area contributed by atoms with Crippen LogP contribution in [0.1, 0.15) is 42.5 Å². The monoisotopic (exact) mass is 298 g/mol. The van der Waals surface area contributed by atoms with E-state index in [1.807, 2.05) is 19.9 Å². The van der Waals surface area contributed by atoms with Gasteiger partial charge in [-0.25, -0.2) is 4.98 Å². The average Bonchev–Trinajstić information content (AvgIpc) is 3.31. The number of aryl methyl sites for hydroxylation is 2. The van der Waals surface area contributed by atoms with Gasteiger partial charge in [-0.2, -0.15) is 5.26 Å². The van der Waals surface area contributed by atoms with Crippen LogP contribution in [0.4, 0.5) is 5.82 Å². The summed E-state index contributed by atoms with van der Waals surface area (Å²) in [6.45, 7) is 5.53. The average molecular weight is 298 g/mol. The van der Waals surface area contributed by atoms with E-state index >= 15 is 0 Å². The Morgan fingerprint density at radius 3 is 2.86 bits per heavy atom. The maximum absolute atomic E-state index is 12.0. The van der Waals surface area contributed by atoms with Crippen LogP contribution in [-0.4, -0.2) is 30.0 Å². The fourth-order valence-corrected chi connectivity index (χ4v) is 3.14. The molecule has 1 aliphatic carbocycles. The Balaban J connectivity index is 1.77. The van der Waals surface area contributed by atoms with E-state index in [1.165, 1.54) is 0 Å². The van der Waals surface area contributed by atoms with E-state index < -0.39 is 0 Å². The SMILES string of the molecule is Cc1cc(C)c(C#N)c(N2CCCC(NC(=O)C3CC3)C2)n1. The summed E-state index contributed by atoms with van der Waals surface area (Å²) in [6.07, 6.45) is 4.07. The van der Waals surface area contributed by atoms with Gasteiger partial charge in [0.1, 0.15) is 11.9 Å². The second kappa shape index (κ2) is 5.96. The molecule has 5 nitrogen and oxygen atoms in total. The van der Waals surface area contributed by atoms with Crippen LogP contribution in [0.25, 0.3) is 0 Å². The van der Waals surface area contributed by atoms with Crippen molar-refractivity contribution in [3.63, 3.8) is 0 Å². The van der Waals surface area contributed by atoms with Crippen LogP contribution in [0.2, 0.25) is 0 Å². The third kappa shape index (κ3) is 3.06. The first-order valence-corrected chi connectivity index (χ1v) is 8.02. The summed E-state index contributed by atoms with van der Waals surface area (Å²) in [5.74, 6) is 1.20. The lowest BCUT2D eigenvalue weighted by Crippen LogP contribution is -2.48. The van der Waals surface area contributed by atoms with Crippen molar-refractivity contribution in [1.82, 2.24) is 10.3 Å². The Morgan fingerprint density at radius 1 is 1.41 bits per heavy atom. The molecule has 1 N–H and O–H groups in total. The first kappa shape index (κ1) is 14.8. The Morgan fingerprint density at radius 2 is 2.18 bits per heavy atom. The number of pyridine rings is 1. The molecular weight excluding hydrogens is 276 g/mol. The van der Waals surface area contributed by atoms with E-state index in [0.717, 1.165) is 55.8 Å². The van der Waals surface area contributed by atoms with Crippen LogP contribution in [0.5, 0.6) is 0 Å². The van der Waals surface area contributed by atoms with Crippen molar-refractivity contribution < 1.29 is 4.79 Å². The third-order valence-electron chi connectivity index (χ3n) is 4.45. The van der Waals surface area contributed by atoms with Crippen LogP contribution in [0, 0.1) is 31.1 Å². The number of amides is 1. The lowest BCUT2D eigenvalue weighted by atomic mass is 10.0. The number of nitrogens with one attached hydrogen (secondary N) is 1. The van der Waals surface area contributed by atoms with Crippen molar-refractivity contribution in [3.05, 3.63) is 22.9 Å². The quantitative estimate of drug-likeness (QED) is 0.927. The van der Waals surface area contributed by atoms with Gasteiger partial charge < -0.3 is 10.2 Å². The lowest BCUT2D eigenvalue weighted by Gasteiger charge is -2.34. The van der Waals surface area contributed by atoms with E-state index in [0.29, 0.717) is 5.56 Å². The fourth-order valence-electron chi connectivity index (χ4n) is 3.14. The molecule has 2 fully saturated rings. The van der Waals surface area contributed by atoms with Crippen molar-refractivity contribution in [3.8, 4) is 6.07 Å². The molecule has 1 unspecified atom stereocenters. The molecule has 1 saturated heterocycles. The minimum atomic E-state index is 0.163. The molecule has 1 amide bonds. The highest BCUT2D eigenvalue weighted by Crippen LogP contribution is 2.30. The molecule has 22 heavy (non-hydrogen) atoms. The van der Waals surface area contributed by atoms with E-state index in [2.05, 4.69) is 21.3 Å². The summed E-state index contributed by atoms with van der Waals surface area (Å²) in [5.41, 5.74) is 2.55. The minimum Gasteiger partial charge on any atom is -0.353 e. The smallest absolute Gasteiger partial charge is 0.223 e. The second-order valence-corrected chi connectivity index (χ2v) is 6.46. The first-order chi connectivity index (χ1) is 10.6. The van der Waals surface area contributed by atoms with Gasteiger partial charge >= 0.3 is 0 Å². The molecule has 5 heteroatoms. The van der Waals surface area contributed by atoms with Crippen molar-refractivity contribution in [2.45, 2.75) is 45.6 Å². The summed E-state index contributed by atoms with van der Waals surface area (Å²) in [6, 6.07) is 4.39. The van der Waals surface area contributed by atoms with Gasteiger partial charge in [-0.1, -0.05) is 0 Å². The summed E-state index contributed by atoms with van der Waals surface area (Å²) >= 11 is 0. The number of piperidine rings is 1. The van der Waals surface area contributed by atoms with Gasteiger partial charge in [0.2, 0.25) is 5.91 Å². The van der Waals surface area contributed by atoms with Crippen LogP contribution in [-0.2, 0) is 4.79 Å². The number of carbonyl (C=O) groups excluding carboxylic acids is 1. The van der Waals surface area contributed by atoms with E-state index in [1.54, 1.807) is 0 Å². The molecule has 0 radical (unpaired) electrons. The van der Waals surface area contributed by atoms with Gasteiger partial charge in [0.05, 0.1) is 5.56 Å². The van der Waals surface area contributed by atoms with E-state index in [9.17, 15) is 10.1 Å². The number of aromatic nitrogens is 1. The number of carbonyl (C=O) groups is 1. The highest BCUT2D eigenvalue weighted by molar-refractivity contribution is 5.81. The zero-order chi connectivity index (χ0) is 15.7. The van der Waals surface area contributed by atoms with Gasteiger partial charge in [0.15, 0.2) is 0 Å². The number of rotatable bonds is 3. The maximum Gasteiger partial charge on any atom is 0.223 e. The second-order valence-electron chi connectivity index (χ2n) is 6.46. The summed E-state index contributed by atoms with van der Waals surface area (Å²) < 4.78 is 0. The number of nitrogens with zero attached hydrogens (tertiary/aromatic N) is 3. The lowest BCUT2D eigenvalue weighted by molar-refractivity contribution is -0.123. The van der Waals surface area contributed by atoms with Gasteiger partial charge in [-0.3, -0.25) is 4.79 Å². The van der Waals surface area contributed by atoms with Crippen LogP contribution in [0.15, 0.2) is 6.07 Å². The predicted octanol–water partition coefficient (Wildman–Crippen LogP) is 2.07. The highest BCUT2D eigenvalue weighted by Gasteiger charge is 2.32. The fraction of sp³-hybridized carbons (Fsp3) is 0.588. The molecule has 0 spiro atoms. The molecule has 1 atom stereocenters. The standard InChI is InChI=1S/C17H22N4O/c1-11-8-12(2)19-16(15(11)9-18)21-7-3-4-14(10-21)20-17(22)13-5-6-13/h8,13-14H,3-7,10H2,1-2H3,(H,20,22). The molecule has 116 valence electrons. The van der Waals surface area contributed by atoms with Gasteiger partial charge in [-0.15, -0.1) is 0 Å². The van der Waals surface area contributed by atoms with E-state index in [-0.39, 0.29) is 17.9 Å². The zero-order valence-corrected chi connectivity index (χ0v) is 13.2. The topological polar surface area (TPSA) is 69.0 Å². The summed E-state index contributed by atoms with van der Waals surface area (Å²) in [7, 11) is 0. The Hall–Kier alpha value is -2.09. The molecule has 2 aliphatic rings. The third-order valence-corrected chi connectivity index (χ3v) is 4.45. The summed E-state index contributed by atoms with van der Waals surface area (Å²) in [4.78, 5) is 18.7. The van der Waals surface area contributed by atoms with E-state index in [4.69, 9.17) is 0 Å². The maximum atomic E-state index is 12.0. The predicted molar refractivity (Wildman–Crippen MR) is 84.5 cm³/mol. The first-order valence-electron chi connectivity index (χ1n) is 8.02. The Labute approximate surface area is 131 Å². The van der Waals surface area contributed by atoms with Crippen LogP contribution >= 0.6 is 0 Å². The van der Waals surface area contributed by atoms with Crippen molar-refractivity contribution in [2.24, 2.45) is 5.92 Å². The van der Waals surface area contributed by atoms with Crippen molar-refractivity contribution in [2.75, 3.05) is 18.0 Å². The summed E-state index contributed by atoms with van der Waals surface area (Å²) in [5, 5.41) is 12.6. The van der Waals surface area contributed by atoms with Gasteiger partial charge in [0.25, 0.3) is 0 Å². The van der Waals surface area contributed by atoms with Gasteiger partial charge in [-0.05, 0) is 51.2 Å². The van der Waals surface area contributed by atoms with Crippen LogP contribution in [0.3, 0.4) is 0 Å². The zero-order valence-electron chi connectivity index (χ0n) is 13.2. The molecule has 0 bridgehead atoms. The Kier molecular flexibility index (Phi) is 4.02. The Bertz CT molecular complexity index is 630. The molecule has 1 aromatic rings. The number of nitriles is 1. The molecule has 0 aromatic carbocycles. The molecule has 1 aromatic heterocycles. The largest absolute Gasteiger partial charge is 0.353 e. The normalized spacial score (nSPS) is 21.3. The molecule has 1 saturated carbocycles. The minimum absolute atomic E-state index is 0.163. The highest BCUT2D eigenvalue weighted by atomic mass is 16.2.